The molecule has 7 aliphatic rings. The van der Waals surface area contributed by atoms with Gasteiger partial charge < -0.3 is 207 Å². The van der Waals surface area contributed by atoms with Crippen LogP contribution in [0.15, 0.2) is 0 Å². The Labute approximate surface area is 728 Å². The molecule has 7 saturated heterocycles. The van der Waals surface area contributed by atoms with E-state index in [-0.39, 0.29) is 99.1 Å². The van der Waals surface area contributed by atoms with E-state index in [1.54, 1.807) is 11.8 Å². The van der Waals surface area contributed by atoms with E-state index < -0.39 is 241 Å². The first-order valence-corrected chi connectivity index (χ1v) is 47.9. The van der Waals surface area contributed by atoms with Crippen molar-refractivity contribution in [3.63, 3.8) is 0 Å². The first kappa shape index (κ1) is 108. The molecule has 0 amide bonds. The fraction of sp³-hybridized carbons (Fsp3) is 1.00. The van der Waals surface area contributed by atoms with Gasteiger partial charge in [0.25, 0.3) is 0 Å². The topological polar surface area (TPSA) is 630 Å². The summed E-state index contributed by atoms with van der Waals surface area (Å²) in [6, 6.07) is 0. The standard InChI is InChI=1S/C73H134O42S6/c1-96-67-61(93)64(100-11-5-23-121-31-19-108-73-63(95)66(102-13-7-25-120-29-17-106-71-60(92)56(88)49(81)42(35-77)112-71)52(84)45(115-73)38-99-10-4-21-117-27-15-104-69-58(90)54(86)47(79)40(33-75)110-69)50(82)43(113-67)36-97-8-2-22-118-30-18-107-72-62(94)65(101-12-6-24-119-28-16-105-70-59(91)55(87)48(80)41(34-76)111-70)51(83)44(114-72)37-98-9-3-20-116-26-14-103-68-57(89)53(85)46(78)39(32-74)109-68/h39-95H,2-38H2,1H3/t39-,40-,41-,42-,43-,44-,45-,46-,47-,48-,49-,50-,51-,52-,53+,54+,55+,56+,57+,58+,59+,60+,61+,62+,63+,64+,65+,66+,67+,68+,69+,70+,71+,72+,73+/m1/s1. The zero-order chi connectivity index (χ0) is 87.8. The highest BCUT2D eigenvalue weighted by molar-refractivity contribution is 8.00. The number of ether oxygens (including phenoxy) is 20. The van der Waals surface area contributed by atoms with Crippen LogP contribution in [0.5, 0.6) is 0 Å². The number of aliphatic hydroxyl groups excluding tert-OH is 22. The van der Waals surface area contributed by atoms with Crippen LogP contribution in [0.3, 0.4) is 0 Å². The Bertz CT molecular complexity index is 2620. The van der Waals surface area contributed by atoms with Gasteiger partial charge in [-0.15, -0.1) is 0 Å². The van der Waals surface area contributed by atoms with E-state index in [4.69, 9.17) is 94.7 Å². The lowest BCUT2D eigenvalue weighted by molar-refractivity contribution is -0.308. The molecule has 121 heavy (non-hydrogen) atoms. The minimum atomic E-state index is -1.57. The van der Waals surface area contributed by atoms with Crippen LogP contribution in [-0.2, 0) is 94.7 Å². The predicted molar refractivity (Wildman–Crippen MR) is 433 cm³/mol. The van der Waals surface area contributed by atoms with Gasteiger partial charge in [-0.25, -0.2) is 0 Å². The maximum absolute atomic E-state index is 11.5. The van der Waals surface area contributed by atoms with Crippen LogP contribution < -0.4 is 0 Å². The van der Waals surface area contributed by atoms with Gasteiger partial charge in [0.05, 0.1) is 85.9 Å². The van der Waals surface area contributed by atoms with Crippen molar-refractivity contribution in [1.29, 1.82) is 0 Å². The Kier molecular flexibility index (Phi) is 54.3. The lowest BCUT2D eigenvalue weighted by atomic mass is 9.99. The van der Waals surface area contributed by atoms with E-state index in [1.165, 1.54) is 65.9 Å². The van der Waals surface area contributed by atoms with Gasteiger partial charge in [0.2, 0.25) is 0 Å². The summed E-state index contributed by atoms with van der Waals surface area (Å²) in [6.45, 7) is -0.483. The Morgan fingerprint density at radius 1 is 0.198 bits per heavy atom. The van der Waals surface area contributed by atoms with E-state index in [0.29, 0.717) is 108 Å². The molecule has 7 rings (SSSR count). The quantitative estimate of drug-likeness (QED) is 0.0252. The molecular formula is C73H134O42S6. The molecule has 22 N–H and O–H groups in total. The predicted octanol–water partition coefficient (Wildman–Crippen LogP) is -8.78. The lowest BCUT2D eigenvalue weighted by Crippen LogP contribution is -2.60. The highest BCUT2D eigenvalue weighted by Gasteiger charge is 2.52. The SMILES string of the molecule is CO[C@H]1O[C@H](COCCCSCCO[C@H]2O[C@H](COCCCSCCO[C@H]3O[C@H](CO)[C@@H](O)[C@H](O)[C@@H]3O)[C@@H](O)[C@H](OCCCSCCO[C@H]3O[C@H](CO)[C@@H](O)[C@H](O)[C@@H]3O)[C@@H]2O)[C@@H](O)[C@H](OCCCSCCO[C@H]2O[C@H](COCCCSCCO[C@H]3O[C@H](CO)[C@@H](O)[C@H](O)[C@@H]3O)[C@@H](O)[C@H](OCCCSCCO[C@H]3O[C@H](CO)[C@@H](O)[C@H](O)[C@@H]3O)[C@@H]2O)[C@@H]1O. The van der Waals surface area contributed by atoms with Crippen LogP contribution in [0.1, 0.15) is 38.5 Å². The fourth-order valence-corrected chi connectivity index (χ4v) is 17.9. The molecule has 0 unspecified atom stereocenters. The number of hydrogen-bond acceptors (Lipinski definition) is 48. The maximum Gasteiger partial charge on any atom is 0.186 e. The van der Waals surface area contributed by atoms with Crippen molar-refractivity contribution >= 4 is 70.6 Å². The summed E-state index contributed by atoms with van der Waals surface area (Å²) < 4.78 is 115. The van der Waals surface area contributed by atoms with Crippen molar-refractivity contribution in [2.75, 3.05) is 202 Å². The number of thioether (sulfide) groups is 6. The third kappa shape index (κ3) is 35.1. The van der Waals surface area contributed by atoms with Crippen molar-refractivity contribution in [2.45, 2.75) is 253 Å². The highest BCUT2D eigenvalue weighted by atomic mass is 32.2. The second kappa shape index (κ2) is 60.5. The Morgan fingerprint density at radius 2 is 0.397 bits per heavy atom. The Morgan fingerprint density at radius 3 is 0.620 bits per heavy atom. The third-order valence-corrected chi connectivity index (χ3v) is 26.6. The van der Waals surface area contributed by atoms with Gasteiger partial charge in [0, 0.05) is 81.3 Å². The molecule has 0 aromatic rings. The van der Waals surface area contributed by atoms with E-state index in [9.17, 15) is 112 Å². The van der Waals surface area contributed by atoms with Gasteiger partial charge in [0.1, 0.15) is 171 Å². The summed E-state index contributed by atoms with van der Waals surface area (Å²) in [7, 11) is 1.36. The summed E-state index contributed by atoms with van der Waals surface area (Å²) in [6.07, 6.45) is -42.1. The second-order valence-corrected chi connectivity index (χ2v) is 36.7. The van der Waals surface area contributed by atoms with Crippen LogP contribution in [0, 0.1) is 0 Å². The summed E-state index contributed by atoms with van der Waals surface area (Å²) >= 11 is 9.05. The van der Waals surface area contributed by atoms with Crippen molar-refractivity contribution in [1.82, 2.24) is 0 Å². The fourth-order valence-electron chi connectivity index (χ4n) is 13.5. The number of rotatable bonds is 62. The molecular weight excluding hydrogens is 1740 g/mol. The molecule has 0 spiro atoms. The highest BCUT2D eigenvalue weighted by Crippen LogP contribution is 2.32. The molecule has 48 heteroatoms. The number of aliphatic hydroxyl groups is 22. The smallest absolute Gasteiger partial charge is 0.186 e. The minimum absolute atomic E-state index is 0.0446. The molecule has 0 aromatic heterocycles. The van der Waals surface area contributed by atoms with Crippen molar-refractivity contribution in [3.8, 4) is 0 Å². The minimum Gasteiger partial charge on any atom is -0.394 e. The Balaban J connectivity index is 0.774. The molecule has 7 heterocycles. The molecule has 7 aliphatic heterocycles. The van der Waals surface area contributed by atoms with E-state index in [2.05, 4.69) is 0 Å². The van der Waals surface area contributed by atoms with Gasteiger partial charge in [0.15, 0.2) is 44.0 Å². The van der Waals surface area contributed by atoms with E-state index in [1.807, 2.05) is 0 Å². The largest absolute Gasteiger partial charge is 0.394 e. The summed E-state index contributed by atoms with van der Waals surface area (Å²) in [4.78, 5) is 0. The van der Waals surface area contributed by atoms with Crippen LogP contribution in [0.2, 0.25) is 0 Å². The summed E-state index contributed by atoms with van der Waals surface area (Å²) in [5.41, 5.74) is 0. The monoisotopic (exact) mass is 1870 g/mol. The molecule has 0 radical (unpaired) electrons. The van der Waals surface area contributed by atoms with Gasteiger partial charge in [-0.3, -0.25) is 0 Å². The molecule has 0 aliphatic carbocycles. The average molecular weight is 1880 g/mol. The first-order valence-electron chi connectivity index (χ1n) is 41.0. The van der Waals surface area contributed by atoms with Gasteiger partial charge in [-0.05, 0) is 73.0 Å². The second-order valence-electron chi connectivity index (χ2n) is 29.3. The number of methoxy groups -OCH3 is 1. The van der Waals surface area contributed by atoms with Gasteiger partial charge >= 0.3 is 0 Å². The molecule has 0 saturated carbocycles. The molecule has 714 valence electrons. The van der Waals surface area contributed by atoms with Crippen LogP contribution in [-0.4, -0.2) is 529 Å². The summed E-state index contributed by atoms with van der Waals surface area (Å²) in [5.74, 6) is 6.41. The summed E-state index contributed by atoms with van der Waals surface area (Å²) in [5, 5.41) is 228. The van der Waals surface area contributed by atoms with E-state index in [0.717, 1.165) is 0 Å². The van der Waals surface area contributed by atoms with Gasteiger partial charge in [-0.2, -0.15) is 70.6 Å². The van der Waals surface area contributed by atoms with Crippen molar-refractivity contribution in [3.05, 3.63) is 0 Å². The third-order valence-electron chi connectivity index (χ3n) is 20.4. The first-order chi connectivity index (χ1) is 58.4. The molecule has 35 atom stereocenters. The zero-order valence-electron chi connectivity index (χ0n) is 67.8. The van der Waals surface area contributed by atoms with Crippen LogP contribution >= 0.6 is 70.6 Å². The Hall–Kier alpha value is 0.420. The van der Waals surface area contributed by atoms with Crippen molar-refractivity contribution < 1.29 is 207 Å². The lowest BCUT2D eigenvalue weighted by Gasteiger charge is -2.42. The van der Waals surface area contributed by atoms with Gasteiger partial charge in [-0.1, -0.05) is 0 Å². The normalized spacial score (nSPS) is 38.8. The number of hydrogen-bond donors (Lipinski definition) is 22. The maximum atomic E-state index is 11.5. The van der Waals surface area contributed by atoms with Crippen LogP contribution in [0.25, 0.3) is 0 Å². The molecule has 42 nitrogen and oxygen atoms in total. The van der Waals surface area contributed by atoms with Crippen LogP contribution in [0.4, 0.5) is 0 Å². The zero-order valence-corrected chi connectivity index (χ0v) is 72.7. The molecule has 0 aromatic carbocycles. The molecule has 0 bridgehead atoms. The van der Waals surface area contributed by atoms with Crippen molar-refractivity contribution in [2.24, 2.45) is 0 Å². The molecule has 7 fully saturated rings. The van der Waals surface area contributed by atoms with E-state index >= 15 is 0 Å². The average Bonchev–Trinajstić information content (AvgIpc) is 0.806.